The summed E-state index contributed by atoms with van der Waals surface area (Å²) in [5.74, 6) is -6.41. The van der Waals surface area contributed by atoms with Crippen LogP contribution in [0.1, 0.15) is 72.5 Å². The van der Waals surface area contributed by atoms with Crippen LogP contribution < -0.4 is 0 Å². The molecule has 11 rings (SSSR count). The molecular formula is C68H53NO18S. The average molecular weight is 1200 g/mol. The van der Waals surface area contributed by atoms with Crippen LogP contribution in [0.4, 0.5) is 0 Å². The number of aromatic nitrogens is 1. The van der Waals surface area contributed by atoms with Gasteiger partial charge in [0.1, 0.15) is 24.3 Å². The second-order valence-corrected chi connectivity index (χ2v) is 20.9. The number of carbonyl (C=O) groups is 7. The minimum absolute atomic E-state index is 0.0232. The van der Waals surface area contributed by atoms with Crippen molar-refractivity contribution >= 4 is 64.6 Å². The van der Waals surface area contributed by atoms with E-state index in [0.29, 0.717) is 11.1 Å². The van der Waals surface area contributed by atoms with Gasteiger partial charge in [-0.05, 0) is 109 Å². The Morgan fingerprint density at radius 2 is 0.659 bits per heavy atom. The maximum Gasteiger partial charge on any atom is 0.338 e. The fourth-order valence-corrected chi connectivity index (χ4v) is 10.7. The molecule has 2 fully saturated rings. The fraction of sp³-hybridized carbons (Fsp3) is 0.176. The van der Waals surface area contributed by atoms with Crippen LogP contribution in [0.5, 0.6) is 0 Å². The summed E-state index contributed by atoms with van der Waals surface area (Å²) in [5, 5.41) is 0.0232. The standard InChI is InChI=1S/C68H53NO18S/c70-59(42-24-8-1-9-25-42)77-40-51-53(82-60(71)43-26-10-2-11-27-43)55(84-62(73)45-30-14-4-15-31-45)57(86-64(75)47-34-18-6-19-35-47)66(79-51)78-41-52-54(83-61(72)44-28-12-3-13-29-44)56(85-63(74)46-32-16-5-17-33-46)58(87-65(76)48-36-20-7-21-37-48)67(80-52)88-68-69-49-38-22-23-39-50(49)81-68/h1-39,51-58,66-67H,40-41H2. The van der Waals surface area contributed by atoms with Crippen LogP contribution in [0, 0.1) is 0 Å². The van der Waals surface area contributed by atoms with Crippen LogP contribution in [0.25, 0.3) is 11.1 Å². The summed E-state index contributed by atoms with van der Waals surface area (Å²) >= 11 is 0.849. The number of nitrogens with zero attached hydrogens (tertiary/aromatic N) is 1. The highest BCUT2D eigenvalue weighted by molar-refractivity contribution is 7.99. The Morgan fingerprint density at radius 1 is 0.341 bits per heavy atom. The van der Waals surface area contributed by atoms with Crippen molar-refractivity contribution in [1.29, 1.82) is 0 Å². The lowest BCUT2D eigenvalue weighted by Gasteiger charge is -2.46. The summed E-state index contributed by atoms with van der Waals surface area (Å²) in [6.07, 6.45) is -15.7. The summed E-state index contributed by atoms with van der Waals surface area (Å²) < 4.78 is 70.3. The van der Waals surface area contributed by atoms with E-state index in [-0.39, 0.29) is 44.2 Å². The summed E-state index contributed by atoms with van der Waals surface area (Å²) in [6.45, 7) is -1.43. The van der Waals surface area contributed by atoms with Gasteiger partial charge in [-0.15, -0.1) is 0 Å². The highest BCUT2D eigenvalue weighted by atomic mass is 32.2. The zero-order chi connectivity index (χ0) is 60.8. The van der Waals surface area contributed by atoms with Gasteiger partial charge in [-0.25, -0.2) is 38.5 Å². The summed E-state index contributed by atoms with van der Waals surface area (Å²) in [7, 11) is 0. The molecule has 88 heavy (non-hydrogen) atoms. The highest BCUT2D eigenvalue weighted by Gasteiger charge is 2.57. The second kappa shape index (κ2) is 28.3. The number of esters is 7. The molecule has 9 aromatic rings. The van der Waals surface area contributed by atoms with E-state index in [2.05, 4.69) is 4.98 Å². The maximum atomic E-state index is 14.5. The van der Waals surface area contributed by atoms with Crippen molar-refractivity contribution in [3.63, 3.8) is 0 Å². The zero-order valence-corrected chi connectivity index (χ0v) is 47.2. The number of benzene rings is 8. The van der Waals surface area contributed by atoms with E-state index in [1.807, 2.05) is 0 Å². The molecule has 2 aliphatic rings. The fourth-order valence-electron chi connectivity index (χ4n) is 9.66. The molecule has 2 saturated heterocycles. The van der Waals surface area contributed by atoms with Crippen molar-refractivity contribution in [3.8, 4) is 0 Å². The Kier molecular flexibility index (Phi) is 19.1. The number of hydrogen-bond acceptors (Lipinski definition) is 20. The first-order valence-corrected chi connectivity index (χ1v) is 28.6. The van der Waals surface area contributed by atoms with Crippen LogP contribution in [0.2, 0.25) is 0 Å². The van der Waals surface area contributed by atoms with Crippen molar-refractivity contribution in [2.75, 3.05) is 13.2 Å². The molecule has 20 heteroatoms. The topological polar surface area (TPSA) is 238 Å². The maximum absolute atomic E-state index is 14.5. The smallest absolute Gasteiger partial charge is 0.338 e. The summed E-state index contributed by atoms with van der Waals surface area (Å²) in [5.41, 5.74) is -0.0548. The number of fused-ring (bicyclic) bond motifs is 1. The first-order valence-electron chi connectivity index (χ1n) is 27.8. The van der Waals surface area contributed by atoms with Gasteiger partial charge in [0.25, 0.3) is 5.22 Å². The lowest BCUT2D eigenvalue weighted by molar-refractivity contribution is -0.309. The van der Waals surface area contributed by atoms with E-state index in [1.165, 1.54) is 84.9 Å². The van der Waals surface area contributed by atoms with E-state index in [0.717, 1.165) is 11.8 Å². The van der Waals surface area contributed by atoms with Gasteiger partial charge in [0.15, 0.2) is 53.9 Å². The number of oxazole rings is 1. The Bertz CT molecular complexity index is 3810. The molecule has 8 aromatic carbocycles. The van der Waals surface area contributed by atoms with Gasteiger partial charge in [0.2, 0.25) is 0 Å². The van der Waals surface area contributed by atoms with Crippen LogP contribution in [-0.4, -0.2) is 121 Å². The molecule has 0 N–H and O–H groups in total. The largest absolute Gasteiger partial charge is 0.459 e. The number of para-hydroxylation sites is 2. The van der Waals surface area contributed by atoms with Crippen LogP contribution in [0.15, 0.2) is 246 Å². The van der Waals surface area contributed by atoms with Gasteiger partial charge in [-0.2, -0.15) is 0 Å². The molecule has 0 bridgehead atoms. The van der Waals surface area contributed by atoms with E-state index >= 15 is 0 Å². The van der Waals surface area contributed by atoms with Crippen LogP contribution >= 0.6 is 11.8 Å². The Morgan fingerprint density at radius 3 is 1.06 bits per heavy atom. The van der Waals surface area contributed by atoms with Gasteiger partial charge in [0, 0.05) is 0 Å². The second-order valence-electron chi connectivity index (χ2n) is 19.9. The van der Waals surface area contributed by atoms with Gasteiger partial charge >= 0.3 is 41.8 Å². The predicted octanol–water partition coefficient (Wildman–Crippen LogP) is 10.6. The van der Waals surface area contributed by atoms with E-state index in [9.17, 15) is 33.6 Å². The Labute approximate surface area is 507 Å². The number of rotatable bonds is 20. The first kappa shape index (κ1) is 59.5. The third-order valence-electron chi connectivity index (χ3n) is 14.0. The first-order chi connectivity index (χ1) is 43.0. The molecule has 2 aliphatic heterocycles. The van der Waals surface area contributed by atoms with Crippen molar-refractivity contribution < 1.29 is 85.3 Å². The number of hydrogen-bond donors (Lipinski definition) is 0. The molecule has 0 spiro atoms. The summed E-state index contributed by atoms with van der Waals surface area (Å²) in [4.78, 5) is 105. The van der Waals surface area contributed by atoms with Crippen molar-refractivity contribution in [3.05, 3.63) is 276 Å². The molecule has 0 amide bonds. The minimum atomic E-state index is -1.90. The van der Waals surface area contributed by atoms with E-state index in [4.69, 9.17) is 51.8 Å². The monoisotopic (exact) mass is 1200 g/mol. The molecule has 1 aromatic heterocycles. The van der Waals surface area contributed by atoms with Gasteiger partial charge in [0.05, 0.1) is 45.6 Å². The average Bonchev–Trinajstić information content (AvgIpc) is 1.33. The molecule has 0 saturated carbocycles. The van der Waals surface area contributed by atoms with Crippen LogP contribution in [-0.2, 0) is 47.4 Å². The molecule has 3 heterocycles. The van der Waals surface area contributed by atoms with Crippen molar-refractivity contribution in [2.24, 2.45) is 0 Å². The molecule has 0 radical (unpaired) electrons. The van der Waals surface area contributed by atoms with Crippen molar-refractivity contribution in [1.82, 2.24) is 4.98 Å². The third-order valence-corrected chi connectivity index (χ3v) is 15.0. The predicted molar refractivity (Wildman–Crippen MR) is 314 cm³/mol. The minimum Gasteiger partial charge on any atom is -0.459 e. The summed E-state index contributed by atoms with van der Waals surface area (Å²) in [6, 6.07) is 62.2. The number of thioether (sulfide) groups is 1. The third kappa shape index (κ3) is 14.5. The lowest BCUT2D eigenvalue weighted by Crippen LogP contribution is -2.64. The number of carbonyl (C=O) groups excluding carboxylic acids is 7. The molecule has 444 valence electrons. The molecular weight excluding hydrogens is 1150 g/mol. The molecule has 0 aliphatic carbocycles. The molecule has 10 atom stereocenters. The zero-order valence-electron chi connectivity index (χ0n) is 46.4. The Balaban J connectivity index is 1.03. The van der Waals surface area contributed by atoms with Crippen molar-refractivity contribution in [2.45, 2.75) is 65.8 Å². The van der Waals surface area contributed by atoms with E-state index in [1.54, 1.807) is 152 Å². The normalized spacial score (nSPS) is 21.4. The quantitative estimate of drug-likeness (QED) is 0.0509. The SMILES string of the molecule is O=C(OCC1OC(OCC2OC(Sc3nc4ccccc4o3)C(OC(=O)c3ccccc3)C(OC(=O)c3ccccc3)C2OC(=O)c2ccccc2)C(OC(=O)c2ccccc2)C(OC(=O)c2ccccc2)C1OC(=O)c1ccccc1)c1ccccc1. The van der Waals surface area contributed by atoms with Gasteiger partial charge < -0.3 is 51.8 Å². The van der Waals surface area contributed by atoms with Gasteiger partial charge in [-0.1, -0.05) is 140 Å². The molecule has 19 nitrogen and oxygen atoms in total. The lowest BCUT2D eigenvalue weighted by atomic mass is 9.97. The highest BCUT2D eigenvalue weighted by Crippen LogP contribution is 2.40. The van der Waals surface area contributed by atoms with Crippen LogP contribution in [0.3, 0.4) is 0 Å². The molecule has 10 unspecified atom stereocenters. The van der Waals surface area contributed by atoms with Gasteiger partial charge in [-0.3, -0.25) is 0 Å². The van der Waals surface area contributed by atoms with E-state index < -0.39 is 116 Å². The number of ether oxygens (including phenoxy) is 10. The Hall–Kier alpha value is -10.3.